The van der Waals surface area contributed by atoms with Crippen molar-refractivity contribution in [1.82, 2.24) is 14.5 Å². The Bertz CT molecular complexity index is 601. The first-order valence-electron chi connectivity index (χ1n) is 6.67. The Morgan fingerprint density at radius 1 is 1.33 bits per heavy atom. The van der Waals surface area contributed by atoms with Crippen LogP contribution in [-0.2, 0) is 11.3 Å². The monoisotopic (exact) mass is 330 g/mol. The fourth-order valence-corrected chi connectivity index (χ4v) is 2.58. The third-order valence-electron chi connectivity index (χ3n) is 3.67. The second kappa shape index (κ2) is 7.64. The van der Waals surface area contributed by atoms with Crippen LogP contribution in [0.4, 0.5) is 0 Å². The standard InChI is InChI=1S/C14H18N4O.2ClH/c15-11-5-7-17(9-11)14(19)6-8-18-10-16-12-3-1-2-4-13(12)18;;/h1-4,10-11H,5-9,15H2;2*1H/t11-;;/m1../s1. The van der Waals surface area contributed by atoms with Crippen LogP contribution in [0.5, 0.6) is 0 Å². The van der Waals surface area contributed by atoms with Crippen molar-refractivity contribution in [3.63, 3.8) is 0 Å². The van der Waals surface area contributed by atoms with Gasteiger partial charge in [-0.3, -0.25) is 4.79 Å². The molecule has 116 valence electrons. The molecule has 1 aliphatic rings. The number of benzene rings is 1. The van der Waals surface area contributed by atoms with Crippen LogP contribution >= 0.6 is 24.8 Å². The van der Waals surface area contributed by atoms with Crippen LogP contribution in [-0.4, -0.2) is 39.5 Å². The molecule has 1 amide bonds. The van der Waals surface area contributed by atoms with Crippen molar-refractivity contribution in [1.29, 1.82) is 0 Å². The largest absolute Gasteiger partial charge is 0.341 e. The average molecular weight is 331 g/mol. The van der Waals surface area contributed by atoms with Crippen LogP contribution in [0.2, 0.25) is 0 Å². The van der Waals surface area contributed by atoms with Crippen LogP contribution in [0.15, 0.2) is 30.6 Å². The highest BCUT2D eigenvalue weighted by Gasteiger charge is 2.23. The normalized spacial score (nSPS) is 17.4. The highest BCUT2D eigenvalue weighted by molar-refractivity contribution is 5.85. The smallest absolute Gasteiger partial charge is 0.224 e. The van der Waals surface area contributed by atoms with Gasteiger partial charge in [-0.2, -0.15) is 0 Å². The number of nitrogens with zero attached hydrogens (tertiary/aromatic N) is 3. The quantitative estimate of drug-likeness (QED) is 0.933. The van der Waals surface area contributed by atoms with Crippen LogP contribution in [0.3, 0.4) is 0 Å². The second-order valence-electron chi connectivity index (χ2n) is 5.07. The van der Waals surface area contributed by atoms with Crippen LogP contribution in [0.1, 0.15) is 12.8 Å². The Hall–Kier alpha value is -1.30. The fourth-order valence-electron chi connectivity index (χ4n) is 2.58. The number of imidazole rings is 1. The van der Waals surface area contributed by atoms with Gasteiger partial charge in [-0.1, -0.05) is 12.1 Å². The van der Waals surface area contributed by atoms with E-state index >= 15 is 0 Å². The zero-order valence-electron chi connectivity index (χ0n) is 11.6. The van der Waals surface area contributed by atoms with Crippen LogP contribution < -0.4 is 5.73 Å². The summed E-state index contributed by atoms with van der Waals surface area (Å²) in [4.78, 5) is 18.2. The Kier molecular flexibility index (Phi) is 6.45. The molecular weight excluding hydrogens is 311 g/mol. The molecule has 0 spiro atoms. The van der Waals surface area contributed by atoms with Gasteiger partial charge in [0.2, 0.25) is 5.91 Å². The SMILES string of the molecule is Cl.Cl.N[C@@H]1CCN(C(=O)CCn2cnc3ccccc32)C1. The summed E-state index contributed by atoms with van der Waals surface area (Å²) in [6, 6.07) is 8.11. The van der Waals surface area contributed by atoms with Crippen molar-refractivity contribution in [2.75, 3.05) is 13.1 Å². The van der Waals surface area contributed by atoms with Gasteiger partial charge in [0.05, 0.1) is 17.4 Å². The lowest BCUT2D eigenvalue weighted by Crippen LogP contribution is -2.32. The van der Waals surface area contributed by atoms with E-state index < -0.39 is 0 Å². The summed E-state index contributed by atoms with van der Waals surface area (Å²) in [5.74, 6) is 0.186. The van der Waals surface area contributed by atoms with Gasteiger partial charge < -0.3 is 15.2 Å². The zero-order valence-corrected chi connectivity index (χ0v) is 13.3. The predicted molar refractivity (Wildman–Crippen MR) is 88.0 cm³/mol. The van der Waals surface area contributed by atoms with E-state index in [9.17, 15) is 4.79 Å². The van der Waals surface area contributed by atoms with E-state index in [1.165, 1.54) is 0 Å². The Morgan fingerprint density at radius 2 is 2.10 bits per heavy atom. The Morgan fingerprint density at radius 3 is 2.81 bits per heavy atom. The van der Waals surface area contributed by atoms with Gasteiger partial charge in [0.15, 0.2) is 0 Å². The number of nitrogens with two attached hydrogens (primary N) is 1. The number of amides is 1. The molecule has 2 N–H and O–H groups in total. The van der Waals surface area contributed by atoms with Crippen LogP contribution in [0, 0.1) is 0 Å². The van der Waals surface area contributed by atoms with E-state index in [1.807, 2.05) is 33.7 Å². The number of hydrogen-bond acceptors (Lipinski definition) is 3. The van der Waals surface area contributed by atoms with E-state index in [0.29, 0.717) is 19.5 Å². The Labute approximate surface area is 136 Å². The maximum Gasteiger partial charge on any atom is 0.224 e. The number of rotatable bonds is 3. The summed E-state index contributed by atoms with van der Waals surface area (Å²) in [6.45, 7) is 2.17. The number of hydrogen-bond donors (Lipinski definition) is 1. The summed E-state index contributed by atoms with van der Waals surface area (Å²) in [7, 11) is 0. The predicted octanol–water partition coefficient (Wildman–Crippen LogP) is 1.83. The molecule has 1 aromatic heterocycles. The molecular formula is C14H20Cl2N4O. The van der Waals surface area contributed by atoms with Gasteiger partial charge in [-0.05, 0) is 18.6 Å². The number of aryl methyl sites for hydroxylation is 1. The lowest BCUT2D eigenvalue weighted by atomic mass is 10.3. The van der Waals surface area contributed by atoms with E-state index in [0.717, 1.165) is 24.0 Å². The molecule has 3 rings (SSSR count). The van der Waals surface area contributed by atoms with Gasteiger partial charge in [0.25, 0.3) is 0 Å². The average Bonchev–Trinajstić information content (AvgIpc) is 3.02. The minimum absolute atomic E-state index is 0. The van der Waals surface area contributed by atoms with E-state index in [2.05, 4.69) is 4.98 Å². The van der Waals surface area contributed by atoms with Crippen molar-refractivity contribution in [2.45, 2.75) is 25.4 Å². The van der Waals surface area contributed by atoms with Crippen LogP contribution in [0.25, 0.3) is 11.0 Å². The highest BCUT2D eigenvalue weighted by atomic mass is 35.5. The molecule has 2 heterocycles. The molecule has 0 unspecified atom stereocenters. The first-order chi connectivity index (χ1) is 9.24. The zero-order chi connectivity index (χ0) is 13.2. The van der Waals surface area contributed by atoms with Gasteiger partial charge in [-0.25, -0.2) is 4.98 Å². The molecule has 7 heteroatoms. The number of halogens is 2. The van der Waals surface area contributed by atoms with E-state index in [-0.39, 0.29) is 36.8 Å². The first kappa shape index (κ1) is 17.8. The highest BCUT2D eigenvalue weighted by Crippen LogP contribution is 2.13. The molecule has 5 nitrogen and oxygen atoms in total. The first-order valence-corrected chi connectivity index (χ1v) is 6.67. The minimum Gasteiger partial charge on any atom is -0.341 e. The van der Waals surface area contributed by atoms with E-state index in [1.54, 1.807) is 6.33 Å². The molecule has 1 aliphatic heterocycles. The van der Waals surface area contributed by atoms with Crippen molar-refractivity contribution < 1.29 is 4.79 Å². The number of carbonyl (C=O) groups excluding carboxylic acids is 1. The number of fused-ring (bicyclic) bond motifs is 1. The maximum atomic E-state index is 12.1. The summed E-state index contributed by atoms with van der Waals surface area (Å²) < 4.78 is 2.03. The fraction of sp³-hybridized carbons (Fsp3) is 0.429. The van der Waals surface area contributed by atoms with Crippen molar-refractivity contribution in [3.8, 4) is 0 Å². The molecule has 1 fully saturated rings. The molecule has 0 saturated carbocycles. The summed E-state index contributed by atoms with van der Waals surface area (Å²) >= 11 is 0. The van der Waals surface area contributed by atoms with Crippen molar-refractivity contribution >= 4 is 41.8 Å². The molecule has 1 saturated heterocycles. The summed E-state index contributed by atoms with van der Waals surface area (Å²) in [5.41, 5.74) is 7.87. The minimum atomic E-state index is 0. The number of para-hydroxylation sites is 2. The van der Waals surface area contributed by atoms with Gasteiger partial charge >= 0.3 is 0 Å². The molecule has 0 bridgehead atoms. The molecule has 2 aromatic rings. The molecule has 0 radical (unpaired) electrons. The van der Waals surface area contributed by atoms with Gasteiger partial charge in [0.1, 0.15) is 0 Å². The topological polar surface area (TPSA) is 64.2 Å². The number of aromatic nitrogens is 2. The molecule has 1 atom stereocenters. The number of likely N-dealkylation sites (tertiary alicyclic amines) is 1. The third-order valence-corrected chi connectivity index (χ3v) is 3.67. The summed E-state index contributed by atoms with van der Waals surface area (Å²) in [6.07, 6.45) is 3.22. The van der Waals surface area contributed by atoms with E-state index in [4.69, 9.17) is 5.73 Å². The Balaban J connectivity index is 0.00000110. The van der Waals surface area contributed by atoms with Gasteiger partial charge in [0, 0.05) is 32.1 Å². The van der Waals surface area contributed by atoms with Crippen molar-refractivity contribution in [3.05, 3.63) is 30.6 Å². The molecule has 21 heavy (non-hydrogen) atoms. The van der Waals surface area contributed by atoms with Crippen molar-refractivity contribution in [2.24, 2.45) is 5.73 Å². The maximum absolute atomic E-state index is 12.1. The summed E-state index contributed by atoms with van der Waals surface area (Å²) in [5, 5.41) is 0. The lowest BCUT2D eigenvalue weighted by molar-refractivity contribution is -0.130. The van der Waals surface area contributed by atoms with Gasteiger partial charge in [-0.15, -0.1) is 24.8 Å². The number of carbonyl (C=O) groups is 1. The third kappa shape index (κ3) is 3.87. The molecule has 1 aromatic carbocycles. The second-order valence-corrected chi connectivity index (χ2v) is 5.07. The molecule has 0 aliphatic carbocycles. The lowest BCUT2D eigenvalue weighted by Gasteiger charge is -2.15.